The fourth-order valence-electron chi connectivity index (χ4n) is 2.62. The predicted molar refractivity (Wildman–Crippen MR) is 59.7 cm³/mol. The van der Waals surface area contributed by atoms with Crippen LogP contribution in [0.2, 0.25) is 0 Å². The number of rotatable bonds is 3. The zero-order valence-corrected chi connectivity index (χ0v) is 9.51. The first-order valence-electron chi connectivity index (χ1n) is 5.92. The lowest BCUT2D eigenvalue weighted by Crippen LogP contribution is -2.55. The van der Waals surface area contributed by atoms with Crippen LogP contribution < -0.4 is 10.6 Å². The minimum Gasteiger partial charge on any atom is -0.359 e. The van der Waals surface area contributed by atoms with Crippen molar-refractivity contribution < 1.29 is 4.79 Å². The van der Waals surface area contributed by atoms with Crippen LogP contribution in [0.5, 0.6) is 0 Å². The van der Waals surface area contributed by atoms with E-state index in [0.717, 1.165) is 45.6 Å². The molecule has 0 aromatic carbocycles. The molecule has 1 heterocycles. The van der Waals surface area contributed by atoms with Gasteiger partial charge in [-0.15, -0.1) is 0 Å². The van der Waals surface area contributed by atoms with E-state index in [9.17, 15) is 4.79 Å². The third-order valence-corrected chi connectivity index (χ3v) is 3.76. The van der Waals surface area contributed by atoms with Crippen LogP contribution in [0.15, 0.2) is 0 Å². The predicted octanol–water partition coefficient (Wildman–Crippen LogP) is -0.192. The van der Waals surface area contributed by atoms with Gasteiger partial charge in [-0.2, -0.15) is 0 Å². The molecule has 2 N–H and O–H groups in total. The highest BCUT2D eigenvalue weighted by atomic mass is 16.2. The topological polar surface area (TPSA) is 44.4 Å². The molecule has 0 atom stereocenters. The molecule has 0 unspecified atom stereocenters. The van der Waals surface area contributed by atoms with Crippen molar-refractivity contribution in [3.05, 3.63) is 0 Å². The summed E-state index contributed by atoms with van der Waals surface area (Å²) >= 11 is 0. The van der Waals surface area contributed by atoms with E-state index in [0.29, 0.717) is 0 Å². The summed E-state index contributed by atoms with van der Waals surface area (Å²) in [5.74, 6) is 0.243. The first-order valence-corrected chi connectivity index (χ1v) is 5.92. The van der Waals surface area contributed by atoms with Gasteiger partial charge in [0.05, 0.1) is 5.41 Å². The fourth-order valence-corrected chi connectivity index (χ4v) is 2.62. The van der Waals surface area contributed by atoms with Crippen LogP contribution in [0.25, 0.3) is 0 Å². The van der Waals surface area contributed by atoms with Gasteiger partial charge in [-0.1, -0.05) is 6.42 Å². The normalized spacial score (nSPS) is 25.7. The lowest BCUT2D eigenvalue weighted by Gasteiger charge is -2.44. The minimum absolute atomic E-state index is 0.0634. The molecule has 86 valence electrons. The number of nitrogens with one attached hydrogen (secondary N) is 2. The summed E-state index contributed by atoms with van der Waals surface area (Å²) in [6.07, 6.45) is 3.34. The summed E-state index contributed by atoms with van der Waals surface area (Å²) in [6, 6.07) is 0. The average molecular weight is 211 g/mol. The second-order valence-corrected chi connectivity index (χ2v) is 4.74. The molecule has 1 aliphatic heterocycles. The second kappa shape index (κ2) is 4.49. The quantitative estimate of drug-likeness (QED) is 0.680. The van der Waals surface area contributed by atoms with Gasteiger partial charge in [-0.05, 0) is 12.8 Å². The Morgan fingerprint density at radius 1 is 1.40 bits per heavy atom. The van der Waals surface area contributed by atoms with E-state index in [1.807, 2.05) is 0 Å². The van der Waals surface area contributed by atoms with Crippen molar-refractivity contribution in [3.8, 4) is 0 Å². The van der Waals surface area contributed by atoms with Crippen molar-refractivity contribution in [1.29, 1.82) is 0 Å². The Morgan fingerprint density at radius 2 is 2.07 bits per heavy atom. The van der Waals surface area contributed by atoms with Crippen molar-refractivity contribution >= 4 is 5.91 Å². The van der Waals surface area contributed by atoms with E-state index in [2.05, 4.69) is 15.5 Å². The van der Waals surface area contributed by atoms with E-state index >= 15 is 0 Å². The van der Waals surface area contributed by atoms with Gasteiger partial charge in [0, 0.05) is 39.8 Å². The number of piperazine rings is 1. The largest absolute Gasteiger partial charge is 0.359 e. The highest BCUT2D eigenvalue weighted by molar-refractivity contribution is 5.83. The van der Waals surface area contributed by atoms with Crippen LogP contribution in [-0.4, -0.2) is 50.6 Å². The first-order chi connectivity index (χ1) is 7.27. The second-order valence-electron chi connectivity index (χ2n) is 4.74. The number of hydrogen-bond donors (Lipinski definition) is 2. The molecule has 2 rings (SSSR count). The van der Waals surface area contributed by atoms with E-state index in [-0.39, 0.29) is 11.3 Å². The summed E-state index contributed by atoms with van der Waals surface area (Å²) < 4.78 is 0. The maximum absolute atomic E-state index is 11.8. The van der Waals surface area contributed by atoms with Gasteiger partial charge < -0.3 is 10.6 Å². The number of hydrogen-bond acceptors (Lipinski definition) is 3. The summed E-state index contributed by atoms with van der Waals surface area (Å²) in [6.45, 7) is 5.24. The average Bonchev–Trinajstić information content (AvgIpc) is 2.24. The van der Waals surface area contributed by atoms with E-state index in [1.54, 1.807) is 7.05 Å². The standard InChI is InChI=1S/C11H21N3O/c1-12-10(15)11(3-2-4-11)9-14-7-5-13-6-8-14/h13H,2-9H2,1H3,(H,12,15). The zero-order valence-electron chi connectivity index (χ0n) is 9.51. The smallest absolute Gasteiger partial charge is 0.227 e. The van der Waals surface area contributed by atoms with Crippen LogP contribution >= 0.6 is 0 Å². The van der Waals surface area contributed by atoms with Crippen LogP contribution in [0.1, 0.15) is 19.3 Å². The Balaban J connectivity index is 1.92. The van der Waals surface area contributed by atoms with Crippen LogP contribution in [0.3, 0.4) is 0 Å². The molecule has 0 aromatic heterocycles. The molecule has 15 heavy (non-hydrogen) atoms. The highest BCUT2D eigenvalue weighted by Gasteiger charge is 2.44. The molecule has 2 fully saturated rings. The molecule has 4 heteroatoms. The number of amides is 1. The van der Waals surface area contributed by atoms with Crippen molar-refractivity contribution in [2.45, 2.75) is 19.3 Å². The molecule has 1 saturated carbocycles. The monoisotopic (exact) mass is 211 g/mol. The van der Waals surface area contributed by atoms with E-state index in [1.165, 1.54) is 6.42 Å². The molecule has 2 aliphatic rings. The van der Waals surface area contributed by atoms with Crippen molar-refractivity contribution in [2.24, 2.45) is 5.41 Å². The fraction of sp³-hybridized carbons (Fsp3) is 0.909. The van der Waals surface area contributed by atoms with E-state index in [4.69, 9.17) is 0 Å². The maximum Gasteiger partial charge on any atom is 0.227 e. The number of nitrogens with zero attached hydrogens (tertiary/aromatic N) is 1. The highest BCUT2D eigenvalue weighted by Crippen LogP contribution is 2.41. The maximum atomic E-state index is 11.8. The van der Waals surface area contributed by atoms with Crippen LogP contribution in [-0.2, 0) is 4.79 Å². The third kappa shape index (κ3) is 2.16. The minimum atomic E-state index is -0.0634. The van der Waals surface area contributed by atoms with Gasteiger partial charge in [0.1, 0.15) is 0 Å². The van der Waals surface area contributed by atoms with Crippen LogP contribution in [0.4, 0.5) is 0 Å². The van der Waals surface area contributed by atoms with Gasteiger partial charge >= 0.3 is 0 Å². The van der Waals surface area contributed by atoms with Gasteiger partial charge in [-0.25, -0.2) is 0 Å². The molecule has 0 spiro atoms. The Kier molecular flexibility index (Phi) is 3.26. The SMILES string of the molecule is CNC(=O)C1(CN2CCNCC2)CCC1. The zero-order chi connectivity index (χ0) is 10.7. The number of carbonyl (C=O) groups is 1. The number of carbonyl (C=O) groups excluding carboxylic acids is 1. The molecule has 0 aromatic rings. The molecular weight excluding hydrogens is 190 g/mol. The summed E-state index contributed by atoms with van der Waals surface area (Å²) in [5.41, 5.74) is -0.0634. The van der Waals surface area contributed by atoms with Gasteiger partial charge in [-0.3, -0.25) is 9.69 Å². The summed E-state index contributed by atoms with van der Waals surface area (Å²) in [7, 11) is 1.75. The van der Waals surface area contributed by atoms with Crippen molar-refractivity contribution in [2.75, 3.05) is 39.8 Å². The van der Waals surface area contributed by atoms with Crippen LogP contribution in [0, 0.1) is 5.41 Å². The molecule has 0 radical (unpaired) electrons. The summed E-state index contributed by atoms with van der Waals surface area (Å²) in [5, 5.41) is 6.15. The molecule has 1 saturated heterocycles. The van der Waals surface area contributed by atoms with Crippen molar-refractivity contribution in [3.63, 3.8) is 0 Å². The Bertz CT molecular complexity index is 232. The van der Waals surface area contributed by atoms with Crippen molar-refractivity contribution in [1.82, 2.24) is 15.5 Å². The molecule has 4 nitrogen and oxygen atoms in total. The molecule has 1 aliphatic carbocycles. The van der Waals surface area contributed by atoms with Gasteiger partial charge in [0.25, 0.3) is 0 Å². The lowest BCUT2D eigenvalue weighted by molar-refractivity contribution is -0.137. The Morgan fingerprint density at radius 3 is 2.53 bits per heavy atom. The lowest BCUT2D eigenvalue weighted by atomic mass is 9.67. The van der Waals surface area contributed by atoms with Gasteiger partial charge in [0.2, 0.25) is 5.91 Å². The molecule has 1 amide bonds. The molecule has 0 bridgehead atoms. The summed E-state index contributed by atoms with van der Waals surface area (Å²) in [4.78, 5) is 14.3. The third-order valence-electron chi connectivity index (χ3n) is 3.76. The molecular formula is C11H21N3O. The first kappa shape index (κ1) is 10.9. The van der Waals surface area contributed by atoms with Gasteiger partial charge in [0.15, 0.2) is 0 Å². The Hall–Kier alpha value is -0.610. The Labute approximate surface area is 91.4 Å². The van der Waals surface area contributed by atoms with E-state index < -0.39 is 0 Å².